The second-order valence-electron chi connectivity index (χ2n) is 5.45. The fourth-order valence-corrected chi connectivity index (χ4v) is 3.29. The van der Waals surface area contributed by atoms with Gasteiger partial charge in [-0.1, -0.05) is 12.1 Å². The van der Waals surface area contributed by atoms with Gasteiger partial charge in [-0.05, 0) is 6.42 Å². The number of nitrogens with two attached hydrogens (primary N) is 1. The van der Waals surface area contributed by atoms with Crippen molar-refractivity contribution in [1.29, 1.82) is 0 Å². The van der Waals surface area contributed by atoms with E-state index in [1.54, 1.807) is 11.3 Å². The van der Waals surface area contributed by atoms with Crippen LogP contribution in [0.3, 0.4) is 0 Å². The fourth-order valence-electron chi connectivity index (χ4n) is 2.56. The summed E-state index contributed by atoms with van der Waals surface area (Å²) in [4.78, 5) is 13.7. The number of hydrogen-bond donors (Lipinski definition) is 1. The van der Waals surface area contributed by atoms with Crippen LogP contribution in [0.4, 0.5) is 0 Å². The van der Waals surface area contributed by atoms with Crippen molar-refractivity contribution in [3.63, 3.8) is 0 Å². The highest BCUT2D eigenvalue weighted by atomic mass is 35.5. The van der Waals surface area contributed by atoms with Gasteiger partial charge in [0.15, 0.2) is 5.82 Å². The summed E-state index contributed by atoms with van der Waals surface area (Å²) in [5.41, 5.74) is 6.67. The number of thiazole rings is 1. The fraction of sp³-hybridized carbons (Fsp3) is 0.643. The van der Waals surface area contributed by atoms with Gasteiger partial charge in [0.1, 0.15) is 0 Å². The summed E-state index contributed by atoms with van der Waals surface area (Å²) in [6.07, 6.45) is 1.02. The highest BCUT2D eigenvalue weighted by Crippen LogP contribution is 2.14. The molecule has 0 aliphatic carbocycles. The van der Waals surface area contributed by atoms with Crippen molar-refractivity contribution in [2.45, 2.75) is 33.0 Å². The molecule has 3 heterocycles. The molecule has 0 bridgehead atoms. The van der Waals surface area contributed by atoms with Crippen LogP contribution >= 0.6 is 36.2 Å². The summed E-state index contributed by atoms with van der Waals surface area (Å²) in [6, 6.07) is 0. The summed E-state index contributed by atoms with van der Waals surface area (Å²) in [7, 11) is 0. The van der Waals surface area contributed by atoms with Gasteiger partial charge >= 0.3 is 0 Å². The molecule has 136 valence electrons. The second kappa shape index (κ2) is 10.3. The summed E-state index contributed by atoms with van der Waals surface area (Å²) in [5, 5.41) is 7.35. The van der Waals surface area contributed by atoms with Crippen LogP contribution in [0.25, 0.3) is 0 Å². The van der Waals surface area contributed by atoms with Crippen molar-refractivity contribution in [2.24, 2.45) is 5.73 Å². The van der Waals surface area contributed by atoms with E-state index >= 15 is 0 Å². The first-order valence-corrected chi connectivity index (χ1v) is 8.54. The maximum Gasteiger partial charge on any atom is 0.240 e. The third-order valence-corrected chi connectivity index (χ3v) is 4.84. The summed E-state index contributed by atoms with van der Waals surface area (Å²) >= 11 is 1.76. The van der Waals surface area contributed by atoms with Crippen molar-refractivity contribution < 1.29 is 4.52 Å². The van der Waals surface area contributed by atoms with Crippen LogP contribution in [0.1, 0.15) is 29.3 Å². The average Bonchev–Trinajstić information content (AvgIpc) is 3.18. The molecular formula is C14H24Cl2N6OS. The Morgan fingerprint density at radius 3 is 2.33 bits per heavy atom. The minimum Gasteiger partial charge on any atom is -0.338 e. The molecule has 0 atom stereocenters. The summed E-state index contributed by atoms with van der Waals surface area (Å²) in [6.45, 7) is 8.23. The van der Waals surface area contributed by atoms with Crippen LogP contribution in [0, 0.1) is 0 Å². The third kappa shape index (κ3) is 5.65. The number of hydrogen-bond acceptors (Lipinski definition) is 8. The predicted octanol–water partition coefficient (Wildman–Crippen LogP) is 1.71. The van der Waals surface area contributed by atoms with E-state index in [0.29, 0.717) is 12.4 Å². The van der Waals surface area contributed by atoms with E-state index in [2.05, 4.69) is 37.2 Å². The molecule has 0 amide bonds. The zero-order valence-electron chi connectivity index (χ0n) is 13.7. The Hall–Kier alpha value is -0.770. The molecule has 0 spiro atoms. The van der Waals surface area contributed by atoms with Gasteiger partial charge in [-0.15, -0.1) is 36.2 Å². The minimum atomic E-state index is 0. The summed E-state index contributed by atoms with van der Waals surface area (Å²) < 4.78 is 5.04. The maximum atomic E-state index is 5.48. The highest BCUT2D eigenvalue weighted by Gasteiger charge is 2.19. The zero-order chi connectivity index (χ0) is 15.4. The van der Waals surface area contributed by atoms with E-state index in [1.807, 2.05) is 0 Å². The van der Waals surface area contributed by atoms with Crippen molar-refractivity contribution in [2.75, 3.05) is 26.2 Å². The molecule has 0 unspecified atom stereocenters. The SMILES string of the molecule is CCc1nc(CN2CCN(Cc3noc(CN)n3)CC2)cs1.Cl.Cl. The molecule has 0 radical (unpaired) electrons. The van der Waals surface area contributed by atoms with Crippen LogP contribution in [0.15, 0.2) is 9.90 Å². The third-order valence-electron chi connectivity index (χ3n) is 3.80. The smallest absolute Gasteiger partial charge is 0.240 e. The Bertz CT molecular complexity index is 547. The molecule has 2 N–H and O–H groups in total. The molecule has 3 rings (SSSR count). The topological polar surface area (TPSA) is 84.3 Å². The van der Waals surface area contributed by atoms with Gasteiger partial charge in [0.25, 0.3) is 0 Å². The van der Waals surface area contributed by atoms with Crippen LogP contribution in [0.5, 0.6) is 0 Å². The van der Waals surface area contributed by atoms with Gasteiger partial charge < -0.3 is 10.3 Å². The van der Waals surface area contributed by atoms with Gasteiger partial charge in [0.2, 0.25) is 5.89 Å². The minimum absolute atomic E-state index is 0. The first-order chi connectivity index (χ1) is 10.8. The molecule has 7 nitrogen and oxygen atoms in total. The lowest BCUT2D eigenvalue weighted by Gasteiger charge is -2.33. The van der Waals surface area contributed by atoms with Crippen LogP contribution in [-0.2, 0) is 26.1 Å². The second-order valence-corrected chi connectivity index (χ2v) is 6.39. The van der Waals surface area contributed by atoms with Crippen LogP contribution < -0.4 is 5.73 Å². The monoisotopic (exact) mass is 394 g/mol. The van der Waals surface area contributed by atoms with Crippen molar-refractivity contribution in [3.05, 3.63) is 27.8 Å². The molecule has 24 heavy (non-hydrogen) atoms. The lowest BCUT2D eigenvalue weighted by molar-refractivity contribution is 0.118. The molecule has 1 saturated heterocycles. The number of aryl methyl sites for hydroxylation is 1. The first kappa shape index (κ1) is 21.3. The van der Waals surface area contributed by atoms with Crippen molar-refractivity contribution in [3.8, 4) is 0 Å². The molecule has 0 aromatic carbocycles. The van der Waals surface area contributed by atoms with Gasteiger partial charge in [-0.25, -0.2) is 4.98 Å². The first-order valence-electron chi connectivity index (χ1n) is 7.66. The number of rotatable bonds is 6. The standard InChI is InChI=1S/C14H22N6OS.2ClH/c1-2-14-16-11(10-22-14)8-19-3-5-20(6-4-19)9-12-17-13(7-15)21-18-12;;/h10H,2-9,15H2,1H3;2*1H. The number of nitrogens with zero attached hydrogens (tertiary/aromatic N) is 5. The lowest BCUT2D eigenvalue weighted by Crippen LogP contribution is -2.45. The van der Waals surface area contributed by atoms with E-state index in [9.17, 15) is 0 Å². The van der Waals surface area contributed by atoms with E-state index in [1.165, 1.54) is 10.7 Å². The van der Waals surface area contributed by atoms with Gasteiger partial charge in [0, 0.05) is 38.1 Å². The summed E-state index contributed by atoms with van der Waals surface area (Å²) in [5.74, 6) is 1.23. The highest BCUT2D eigenvalue weighted by molar-refractivity contribution is 7.09. The van der Waals surface area contributed by atoms with Gasteiger partial charge in [-0.3, -0.25) is 9.80 Å². The van der Waals surface area contributed by atoms with Crippen molar-refractivity contribution in [1.82, 2.24) is 24.9 Å². The molecule has 10 heteroatoms. The largest absolute Gasteiger partial charge is 0.338 e. The molecular weight excluding hydrogens is 371 g/mol. The number of aromatic nitrogens is 3. The van der Waals surface area contributed by atoms with E-state index in [4.69, 9.17) is 10.3 Å². The van der Waals surface area contributed by atoms with Crippen LogP contribution in [0.2, 0.25) is 0 Å². The van der Waals surface area contributed by atoms with Gasteiger partial charge in [-0.2, -0.15) is 4.98 Å². The molecule has 2 aromatic heterocycles. The Balaban J connectivity index is 0.00000144. The molecule has 0 saturated carbocycles. The average molecular weight is 395 g/mol. The number of piperazine rings is 1. The molecule has 1 aliphatic heterocycles. The van der Waals surface area contributed by atoms with E-state index in [-0.39, 0.29) is 24.8 Å². The maximum absolute atomic E-state index is 5.48. The van der Waals surface area contributed by atoms with Crippen molar-refractivity contribution >= 4 is 36.2 Å². The number of halogens is 2. The predicted molar refractivity (Wildman–Crippen MR) is 98.7 cm³/mol. The Kier molecular flexibility index (Phi) is 9.11. The molecule has 1 fully saturated rings. The Morgan fingerprint density at radius 2 is 1.79 bits per heavy atom. The van der Waals surface area contributed by atoms with Gasteiger partial charge in [0.05, 0.1) is 23.8 Å². The van der Waals surface area contributed by atoms with E-state index < -0.39 is 0 Å². The van der Waals surface area contributed by atoms with Crippen LogP contribution in [-0.4, -0.2) is 51.1 Å². The lowest BCUT2D eigenvalue weighted by atomic mass is 10.3. The molecule has 2 aromatic rings. The normalized spacial score (nSPS) is 15.8. The zero-order valence-corrected chi connectivity index (χ0v) is 16.1. The Morgan fingerprint density at radius 1 is 1.12 bits per heavy atom. The van der Waals surface area contributed by atoms with E-state index in [0.717, 1.165) is 51.5 Å². The molecule has 1 aliphatic rings. The quantitative estimate of drug-likeness (QED) is 0.797. The Labute approximate surface area is 158 Å².